The number of likely N-dealkylation sites (tertiary alicyclic amines) is 1. The Morgan fingerprint density at radius 2 is 2.20 bits per heavy atom. The predicted molar refractivity (Wildman–Crippen MR) is 61.7 cm³/mol. The average molecular weight is 205 g/mol. The van der Waals surface area contributed by atoms with Crippen LogP contribution in [0.3, 0.4) is 0 Å². The Labute approximate surface area is 91.5 Å². The SMILES string of the molecule is Cc1cccc(C2(O)CN(C)CC2C)c1. The van der Waals surface area contributed by atoms with Gasteiger partial charge in [-0.3, -0.25) is 0 Å². The average Bonchev–Trinajstić information content (AvgIpc) is 2.42. The summed E-state index contributed by atoms with van der Waals surface area (Å²) < 4.78 is 0. The Balaban J connectivity index is 2.37. The summed E-state index contributed by atoms with van der Waals surface area (Å²) in [6, 6.07) is 8.21. The molecule has 0 bridgehead atoms. The van der Waals surface area contributed by atoms with Crippen molar-refractivity contribution in [3.05, 3.63) is 35.4 Å². The number of hydrogen-bond acceptors (Lipinski definition) is 2. The van der Waals surface area contributed by atoms with Gasteiger partial charge in [0.15, 0.2) is 0 Å². The van der Waals surface area contributed by atoms with E-state index in [1.165, 1.54) is 5.56 Å². The van der Waals surface area contributed by atoms with Crippen molar-refractivity contribution >= 4 is 0 Å². The Morgan fingerprint density at radius 1 is 1.47 bits per heavy atom. The maximum absolute atomic E-state index is 10.7. The molecule has 15 heavy (non-hydrogen) atoms. The lowest BCUT2D eigenvalue weighted by Gasteiger charge is -2.27. The van der Waals surface area contributed by atoms with E-state index in [1.54, 1.807) is 0 Å². The van der Waals surface area contributed by atoms with Crippen LogP contribution in [0.25, 0.3) is 0 Å². The van der Waals surface area contributed by atoms with Gasteiger partial charge in [0, 0.05) is 19.0 Å². The lowest BCUT2D eigenvalue weighted by Crippen LogP contribution is -2.33. The van der Waals surface area contributed by atoms with Gasteiger partial charge in [-0.15, -0.1) is 0 Å². The van der Waals surface area contributed by atoms with Crippen LogP contribution in [0.4, 0.5) is 0 Å². The topological polar surface area (TPSA) is 23.5 Å². The molecule has 0 aliphatic carbocycles. The molecule has 0 radical (unpaired) electrons. The monoisotopic (exact) mass is 205 g/mol. The van der Waals surface area contributed by atoms with E-state index in [2.05, 4.69) is 37.9 Å². The maximum Gasteiger partial charge on any atom is 0.106 e. The molecule has 1 N–H and O–H groups in total. The molecule has 0 saturated carbocycles. The largest absolute Gasteiger partial charge is 0.383 e. The van der Waals surface area contributed by atoms with E-state index in [0.29, 0.717) is 5.92 Å². The first kappa shape index (κ1) is 10.7. The van der Waals surface area contributed by atoms with Gasteiger partial charge >= 0.3 is 0 Å². The number of benzene rings is 1. The quantitative estimate of drug-likeness (QED) is 0.755. The van der Waals surface area contributed by atoms with Crippen molar-refractivity contribution in [2.45, 2.75) is 19.4 Å². The highest BCUT2D eigenvalue weighted by molar-refractivity contribution is 5.29. The lowest BCUT2D eigenvalue weighted by molar-refractivity contribution is 0.0146. The molecule has 2 heteroatoms. The summed E-state index contributed by atoms with van der Waals surface area (Å²) >= 11 is 0. The summed E-state index contributed by atoms with van der Waals surface area (Å²) in [5.41, 5.74) is 1.60. The second-order valence-electron chi connectivity index (χ2n) is 4.89. The summed E-state index contributed by atoms with van der Waals surface area (Å²) in [6.45, 7) is 5.88. The zero-order valence-corrected chi connectivity index (χ0v) is 9.70. The van der Waals surface area contributed by atoms with Crippen molar-refractivity contribution < 1.29 is 5.11 Å². The first-order valence-corrected chi connectivity index (χ1v) is 5.50. The molecular weight excluding hydrogens is 186 g/mol. The molecular formula is C13H19NO. The van der Waals surface area contributed by atoms with Gasteiger partial charge in [-0.25, -0.2) is 0 Å². The number of likely N-dealkylation sites (N-methyl/N-ethyl adjacent to an activating group) is 1. The second kappa shape index (κ2) is 3.62. The summed E-state index contributed by atoms with van der Waals surface area (Å²) in [5.74, 6) is 0.296. The van der Waals surface area contributed by atoms with Crippen molar-refractivity contribution in [1.29, 1.82) is 0 Å². The van der Waals surface area contributed by atoms with Gasteiger partial charge in [0.25, 0.3) is 0 Å². The summed E-state index contributed by atoms with van der Waals surface area (Å²) in [6.07, 6.45) is 0. The number of β-amino-alcohol motifs (C(OH)–C–C–N with tert-alkyl or cyclic N) is 1. The van der Waals surface area contributed by atoms with Crippen LogP contribution in [0.2, 0.25) is 0 Å². The summed E-state index contributed by atoms with van der Waals surface area (Å²) in [5, 5.41) is 10.7. The first-order chi connectivity index (χ1) is 7.02. The summed E-state index contributed by atoms with van der Waals surface area (Å²) in [4.78, 5) is 2.19. The van der Waals surface area contributed by atoms with Crippen LogP contribution < -0.4 is 0 Å². The molecule has 1 heterocycles. The zero-order valence-electron chi connectivity index (χ0n) is 9.70. The zero-order chi connectivity index (χ0) is 11.1. The molecule has 2 nitrogen and oxygen atoms in total. The van der Waals surface area contributed by atoms with E-state index in [0.717, 1.165) is 18.7 Å². The minimum Gasteiger partial charge on any atom is -0.383 e. The van der Waals surface area contributed by atoms with Crippen molar-refractivity contribution in [2.75, 3.05) is 20.1 Å². The fraction of sp³-hybridized carbons (Fsp3) is 0.538. The maximum atomic E-state index is 10.7. The number of aliphatic hydroxyl groups is 1. The molecule has 2 rings (SSSR count). The molecule has 1 aromatic rings. The molecule has 1 aliphatic rings. The fourth-order valence-electron chi connectivity index (χ4n) is 2.54. The molecule has 82 valence electrons. The second-order valence-corrected chi connectivity index (χ2v) is 4.89. The van der Waals surface area contributed by atoms with Crippen LogP contribution in [-0.2, 0) is 5.60 Å². The van der Waals surface area contributed by atoms with E-state index in [1.807, 2.05) is 12.1 Å². The van der Waals surface area contributed by atoms with Crippen LogP contribution in [0.1, 0.15) is 18.1 Å². The van der Waals surface area contributed by atoms with Crippen LogP contribution >= 0.6 is 0 Å². The number of nitrogens with zero attached hydrogens (tertiary/aromatic N) is 1. The van der Waals surface area contributed by atoms with E-state index in [9.17, 15) is 5.11 Å². The molecule has 0 amide bonds. The smallest absolute Gasteiger partial charge is 0.106 e. The fourth-order valence-corrected chi connectivity index (χ4v) is 2.54. The lowest BCUT2D eigenvalue weighted by atomic mass is 9.85. The van der Waals surface area contributed by atoms with Crippen molar-refractivity contribution in [3.8, 4) is 0 Å². The number of rotatable bonds is 1. The standard InChI is InChI=1S/C13H19NO/c1-10-5-4-6-12(7-10)13(15)9-14(3)8-11(13)2/h4-7,11,15H,8-9H2,1-3H3. The van der Waals surface area contributed by atoms with Crippen LogP contribution in [0.5, 0.6) is 0 Å². The molecule has 0 spiro atoms. The van der Waals surface area contributed by atoms with Crippen LogP contribution in [0, 0.1) is 12.8 Å². The van der Waals surface area contributed by atoms with Gasteiger partial charge < -0.3 is 10.0 Å². The minimum absolute atomic E-state index is 0.296. The van der Waals surface area contributed by atoms with Gasteiger partial charge in [-0.05, 0) is 19.5 Å². The van der Waals surface area contributed by atoms with Crippen LogP contribution in [0.15, 0.2) is 24.3 Å². The van der Waals surface area contributed by atoms with Crippen LogP contribution in [-0.4, -0.2) is 30.1 Å². The molecule has 1 saturated heterocycles. The Kier molecular flexibility index (Phi) is 2.57. The van der Waals surface area contributed by atoms with E-state index < -0.39 is 5.60 Å². The van der Waals surface area contributed by atoms with Gasteiger partial charge in [0.2, 0.25) is 0 Å². The highest BCUT2D eigenvalue weighted by atomic mass is 16.3. The molecule has 1 fully saturated rings. The normalized spacial score (nSPS) is 32.1. The van der Waals surface area contributed by atoms with Crippen molar-refractivity contribution in [3.63, 3.8) is 0 Å². The number of aryl methyl sites for hydroxylation is 1. The highest BCUT2D eigenvalue weighted by Gasteiger charge is 2.42. The van der Waals surface area contributed by atoms with E-state index in [-0.39, 0.29) is 0 Å². The molecule has 2 unspecified atom stereocenters. The molecule has 1 aliphatic heterocycles. The third-order valence-electron chi connectivity index (χ3n) is 3.43. The minimum atomic E-state index is -0.666. The Bertz CT molecular complexity index is 363. The summed E-state index contributed by atoms with van der Waals surface area (Å²) in [7, 11) is 2.06. The van der Waals surface area contributed by atoms with Gasteiger partial charge in [-0.2, -0.15) is 0 Å². The molecule has 0 aromatic heterocycles. The third-order valence-corrected chi connectivity index (χ3v) is 3.43. The first-order valence-electron chi connectivity index (χ1n) is 5.50. The Hall–Kier alpha value is -0.860. The van der Waals surface area contributed by atoms with Gasteiger partial charge in [-0.1, -0.05) is 36.8 Å². The predicted octanol–water partition coefficient (Wildman–Crippen LogP) is 1.76. The molecule has 1 aromatic carbocycles. The third kappa shape index (κ3) is 1.80. The molecule has 2 atom stereocenters. The number of hydrogen-bond donors (Lipinski definition) is 1. The van der Waals surface area contributed by atoms with Crippen molar-refractivity contribution in [2.24, 2.45) is 5.92 Å². The van der Waals surface area contributed by atoms with E-state index >= 15 is 0 Å². The van der Waals surface area contributed by atoms with E-state index in [4.69, 9.17) is 0 Å². The Morgan fingerprint density at radius 3 is 2.73 bits per heavy atom. The highest BCUT2D eigenvalue weighted by Crippen LogP contribution is 2.36. The van der Waals surface area contributed by atoms with Gasteiger partial charge in [0.1, 0.15) is 5.60 Å². The van der Waals surface area contributed by atoms with Crippen molar-refractivity contribution in [1.82, 2.24) is 4.90 Å². The van der Waals surface area contributed by atoms with Gasteiger partial charge in [0.05, 0.1) is 0 Å².